The highest BCUT2D eigenvalue weighted by molar-refractivity contribution is 5.93. The van der Waals surface area contributed by atoms with Crippen molar-refractivity contribution in [2.75, 3.05) is 12.4 Å². The Morgan fingerprint density at radius 2 is 1.90 bits per heavy atom. The summed E-state index contributed by atoms with van der Waals surface area (Å²) < 4.78 is 7.13. The zero-order chi connectivity index (χ0) is 15.2. The number of nitrogens with zero attached hydrogens (tertiary/aromatic N) is 1. The second-order valence-corrected chi connectivity index (χ2v) is 4.87. The van der Waals surface area contributed by atoms with Crippen LogP contribution in [0.15, 0.2) is 48.8 Å². The number of anilines is 1. The van der Waals surface area contributed by atoms with Gasteiger partial charge in [0.1, 0.15) is 5.75 Å². The van der Waals surface area contributed by atoms with E-state index in [9.17, 15) is 4.79 Å². The predicted molar refractivity (Wildman–Crippen MR) is 82.3 cm³/mol. The Bertz CT molecular complexity index is 608. The first-order valence-electron chi connectivity index (χ1n) is 7.09. The first kappa shape index (κ1) is 15.0. The Hall–Kier alpha value is -2.36. The van der Waals surface area contributed by atoms with E-state index in [0.717, 1.165) is 6.42 Å². The predicted octanol–water partition coefficient (Wildman–Crippen LogP) is 2.74. The molecule has 0 aliphatic rings. The van der Waals surface area contributed by atoms with Crippen LogP contribution in [0.25, 0.3) is 0 Å². The number of amides is 1. The maximum absolute atomic E-state index is 12.3. The lowest BCUT2D eigenvalue weighted by molar-refractivity contribution is -0.705. The lowest BCUT2D eigenvalue weighted by atomic mass is 10.2. The molecule has 1 atom stereocenters. The van der Waals surface area contributed by atoms with Crippen molar-refractivity contribution >= 4 is 11.6 Å². The summed E-state index contributed by atoms with van der Waals surface area (Å²) >= 11 is 0. The molecule has 0 aliphatic heterocycles. The molecular formula is C17H21N2O2+. The van der Waals surface area contributed by atoms with E-state index in [0.29, 0.717) is 11.4 Å². The molecule has 1 aromatic carbocycles. The van der Waals surface area contributed by atoms with Gasteiger partial charge in [0, 0.05) is 19.1 Å². The maximum atomic E-state index is 12.3. The van der Waals surface area contributed by atoms with E-state index < -0.39 is 0 Å². The van der Waals surface area contributed by atoms with Crippen molar-refractivity contribution in [2.24, 2.45) is 0 Å². The van der Waals surface area contributed by atoms with E-state index in [-0.39, 0.29) is 11.9 Å². The van der Waals surface area contributed by atoms with Crippen molar-refractivity contribution in [3.8, 4) is 5.75 Å². The van der Waals surface area contributed by atoms with Crippen LogP contribution in [0.5, 0.6) is 5.75 Å². The van der Waals surface area contributed by atoms with Gasteiger partial charge in [0.05, 0.1) is 12.8 Å². The van der Waals surface area contributed by atoms with Gasteiger partial charge >= 0.3 is 0 Å². The molecule has 0 unspecified atom stereocenters. The fraction of sp³-hybridized carbons (Fsp3) is 0.294. The quantitative estimate of drug-likeness (QED) is 0.858. The van der Waals surface area contributed by atoms with Crippen molar-refractivity contribution in [2.45, 2.75) is 26.3 Å². The van der Waals surface area contributed by atoms with Gasteiger partial charge in [-0.05, 0) is 24.1 Å². The first-order valence-corrected chi connectivity index (χ1v) is 7.09. The number of carbonyl (C=O) groups excluding carboxylic acids is 1. The van der Waals surface area contributed by atoms with E-state index in [1.165, 1.54) is 5.56 Å². The standard InChI is InChI=1S/C17H20N2O2/c1-4-14-9-11-19(12-10-14)13(2)17(20)18-15-7-5-6-8-16(15)21-3/h5-13H,4H2,1-3H3/p+1/t13-/m0/s1. The van der Waals surface area contributed by atoms with Gasteiger partial charge in [-0.3, -0.25) is 4.79 Å². The van der Waals surface area contributed by atoms with Crippen LogP contribution in [0.1, 0.15) is 25.5 Å². The zero-order valence-corrected chi connectivity index (χ0v) is 12.7. The molecule has 4 nitrogen and oxygen atoms in total. The molecule has 0 spiro atoms. The van der Waals surface area contributed by atoms with Gasteiger partial charge in [0.2, 0.25) is 6.04 Å². The number of carbonyl (C=O) groups is 1. The number of methoxy groups -OCH3 is 1. The number of para-hydroxylation sites is 2. The van der Waals surface area contributed by atoms with Gasteiger partial charge in [0.25, 0.3) is 5.91 Å². The summed E-state index contributed by atoms with van der Waals surface area (Å²) in [4.78, 5) is 12.3. The molecule has 1 aromatic heterocycles. The van der Waals surface area contributed by atoms with Crippen LogP contribution < -0.4 is 14.6 Å². The molecule has 0 saturated heterocycles. The normalized spacial score (nSPS) is 11.8. The molecule has 1 heterocycles. The van der Waals surface area contributed by atoms with Gasteiger partial charge in [0.15, 0.2) is 12.4 Å². The summed E-state index contributed by atoms with van der Waals surface area (Å²) in [6, 6.07) is 11.2. The second kappa shape index (κ2) is 6.88. The molecule has 1 N–H and O–H groups in total. The summed E-state index contributed by atoms with van der Waals surface area (Å²) in [5.41, 5.74) is 1.94. The fourth-order valence-corrected chi connectivity index (χ4v) is 2.08. The highest BCUT2D eigenvalue weighted by Crippen LogP contribution is 2.23. The van der Waals surface area contributed by atoms with Crippen molar-refractivity contribution in [3.05, 3.63) is 54.4 Å². The third-order valence-corrected chi connectivity index (χ3v) is 3.52. The summed E-state index contributed by atoms with van der Waals surface area (Å²) in [5.74, 6) is 0.582. The smallest absolute Gasteiger partial charge is 0.293 e. The van der Waals surface area contributed by atoms with Crippen LogP contribution in [0.2, 0.25) is 0 Å². The SMILES string of the molecule is CCc1cc[n+]([C@@H](C)C(=O)Nc2ccccc2OC)cc1. The van der Waals surface area contributed by atoms with Crippen molar-refractivity contribution in [3.63, 3.8) is 0 Å². The zero-order valence-electron chi connectivity index (χ0n) is 12.7. The molecule has 0 radical (unpaired) electrons. The third-order valence-electron chi connectivity index (χ3n) is 3.52. The molecular weight excluding hydrogens is 264 g/mol. The average Bonchev–Trinajstić information content (AvgIpc) is 2.54. The van der Waals surface area contributed by atoms with E-state index in [2.05, 4.69) is 12.2 Å². The van der Waals surface area contributed by atoms with Crippen molar-refractivity contribution in [1.82, 2.24) is 0 Å². The Morgan fingerprint density at radius 3 is 2.52 bits per heavy atom. The summed E-state index contributed by atoms with van der Waals surface area (Å²) in [6.07, 6.45) is 4.86. The topological polar surface area (TPSA) is 42.2 Å². The molecule has 110 valence electrons. The number of nitrogens with one attached hydrogen (secondary N) is 1. The van der Waals surface area contributed by atoms with E-state index in [4.69, 9.17) is 4.74 Å². The number of hydrogen-bond acceptors (Lipinski definition) is 2. The molecule has 0 saturated carbocycles. The van der Waals surface area contributed by atoms with Crippen LogP contribution in [0, 0.1) is 0 Å². The van der Waals surface area contributed by atoms with Crippen LogP contribution in [0.3, 0.4) is 0 Å². The third kappa shape index (κ3) is 3.60. The lowest BCUT2D eigenvalue weighted by Gasteiger charge is -2.11. The fourth-order valence-electron chi connectivity index (χ4n) is 2.08. The minimum absolute atomic E-state index is 0.0752. The van der Waals surface area contributed by atoms with E-state index >= 15 is 0 Å². The number of aromatic nitrogens is 1. The largest absolute Gasteiger partial charge is 0.495 e. The highest BCUT2D eigenvalue weighted by Gasteiger charge is 2.22. The van der Waals surface area contributed by atoms with Crippen LogP contribution in [-0.4, -0.2) is 13.0 Å². The Balaban J connectivity index is 2.11. The van der Waals surface area contributed by atoms with E-state index in [1.54, 1.807) is 7.11 Å². The van der Waals surface area contributed by atoms with Gasteiger partial charge < -0.3 is 10.1 Å². The highest BCUT2D eigenvalue weighted by atomic mass is 16.5. The number of hydrogen-bond donors (Lipinski definition) is 1. The lowest BCUT2D eigenvalue weighted by Crippen LogP contribution is -2.44. The number of pyridine rings is 1. The molecule has 0 fully saturated rings. The summed E-state index contributed by atoms with van der Waals surface area (Å²) in [7, 11) is 1.59. The number of ether oxygens (including phenoxy) is 1. The average molecular weight is 285 g/mol. The van der Waals surface area contributed by atoms with Crippen LogP contribution in [-0.2, 0) is 11.2 Å². The van der Waals surface area contributed by atoms with Crippen molar-refractivity contribution < 1.29 is 14.1 Å². The van der Waals surface area contributed by atoms with Gasteiger partial charge in [-0.15, -0.1) is 0 Å². The molecule has 0 bridgehead atoms. The molecule has 1 amide bonds. The molecule has 0 aliphatic carbocycles. The van der Waals surface area contributed by atoms with E-state index in [1.807, 2.05) is 60.3 Å². The van der Waals surface area contributed by atoms with Gasteiger partial charge in [-0.2, -0.15) is 4.57 Å². The van der Waals surface area contributed by atoms with Crippen LogP contribution >= 0.6 is 0 Å². The number of benzene rings is 1. The van der Waals surface area contributed by atoms with Gasteiger partial charge in [-0.25, -0.2) is 0 Å². The Labute approximate surface area is 125 Å². The molecule has 2 rings (SSSR count). The summed E-state index contributed by atoms with van der Waals surface area (Å²) in [5, 5.41) is 2.90. The molecule has 4 heteroatoms. The Morgan fingerprint density at radius 1 is 1.24 bits per heavy atom. The van der Waals surface area contributed by atoms with Crippen LogP contribution in [0.4, 0.5) is 5.69 Å². The van der Waals surface area contributed by atoms with Gasteiger partial charge in [-0.1, -0.05) is 19.1 Å². The minimum atomic E-state index is -0.291. The molecule has 2 aromatic rings. The first-order chi connectivity index (χ1) is 10.2. The number of aryl methyl sites for hydroxylation is 1. The Kier molecular flexibility index (Phi) is 4.93. The number of rotatable bonds is 5. The van der Waals surface area contributed by atoms with Crippen molar-refractivity contribution in [1.29, 1.82) is 0 Å². The second-order valence-electron chi connectivity index (χ2n) is 4.87. The monoisotopic (exact) mass is 285 g/mol. The molecule has 21 heavy (non-hydrogen) atoms. The summed E-state index contributed by atoms with van der Waals surface area (Å²) in [6.45, 7) is 3.98. The maximum Gasteiger partial charge on any atom is 0.293 e. The minimum Gasteiger partial charge on any atom is -0.495 e.